The predicted octanol–water partition coefficient (Wildman–Crippen LogP) is 4.60. The number of likely N-dealkylation sites (N-methyl/N-ethyl adjacent to an activating group) is 1. The Labute approximate surface area is 185 Å². The minimum absolute atomic E-state index is 0.113. The molecular formula is C19H19N5O3S3. The van der Waals surface area contributed by atoms with Crippen LogP contribution in [0.5, 0.6) is 0 Å². The second-order valence-corrected chi connectivity index (χ2v) is 9.99. The second-order valence-electron chi connectivity index (χ2n) is 6.76. The molecule has 11 heteroatoms. The Morgan fingerprint density at radius 2 is 2.23 bits per heavy atom. The first-order valence-corrected chi connectivity index (χ1v) is 11.8. The SMILES string of the molecule is CCN1CCc2nc(NC(=O)c3ccc(Sc4nc(C)cs4)c([N+](=O)[O-])c3)sc2C1. The number of amides is 1. The highest BCUT2D eigenvalue weighted by molar-refractivity contribution is 8.01. The molecule has 8 nitrogen and oxygen atoms in total. The zero-order valence-electron chi connectivity index (χ0n) is 16.4. The minimum atomic E-state index is -0.471. The third-order valence-electron chi connectivity index (χ3n) is 4.69. The maximum Gasteiger partial charge on any atom is 0.284 e. The van der Waals surface area contributed by atoms with Gasteiger partial charge in [-0.2, -0.15) is 0 Å². The molecule has 0 saturated carbocycles. The molecule has 1 aromatic carbocycles. The lowest BCUT2D eigenvalue weighted by atomic mass is 10.2. The average molecular weight is 462 g/mol. The molecule has 3 aromatic rings. The third-order valence-corrected chi connectivity index (χ3v) is 7.81. The lowest BCUT2D eigenvalue weighted by Gasteiger charge is -2.23. The zero-order chi connectivity index (χ0) is 21.3. The van der Waals surface area contributed by atoms with Crippen molar-refractivity contribution in [3.63, 3.8) is 0 Å². The van der Waals surface area contributed by atoms with Gasteiger partial charge in [0.05, 0.1) is 15.5 Å². The molecule has 0 radical (unpaired) electrons. The van der Waals surface area contributed by atoms with Gasteiger partial charge in [0.25, 0.3) is 11.6 Å². The van der Waals surface area contributed by atoms with Gasteiger partial charge in [0.15, 0.2) is 9.47 Å². The summed E-state index contributed by atoms with van der Waals surface area (Å²) >= 11 is 4.12. The molecule has 3 heterocycles. The summed E-state index contributed by atoms with van der Waals surface area (Å²) in [5.74, 6) is -0.404. The summed E-state index contributed by atoms with van der Waals surface area (Å²) in [5, 5.41) is 16.8. The lowest BCUT2D eigenvalue weighted by Crippen LogP contribution is -2.29. The number of aryl methyl sites for hydroxylation is 1. The van der Waals surface area contributed by atoms with E-state index in [0.717, 1.165) is 46.7 Å². The number of anilines is 1. The smallest absolute Gasteiger partial charge is 0.284 e. The van der Waals surface area contributed by atoms with Crippen LogP contribution in [0, 0.1) is 17.0 Å². The van der Waals surface area contributed by atoms with Crippen molar-refractivity contribution in [3.05, 3.63) is 55.5 Å². The Hall–Kier alpha value is -2.34. The number of hydrogen-bond donors (Lipinski definition) is 1. The molecule has 156 valence electrons. The van der Waals surface area contributed by atoms with Crippen LogP contribution in [0.1, 0.15) is 33.5 Å². The first-order valence-electron chi connectivity index (χ1n) is 9.33. The summed E-state index contributed by atoms with van der Waals surface area (Å²) in [6.07, 6.45) is 0.864. The summed E-state index contributed by atoms with van der Waals surface area (Å²) < 4.78 is 0.724. The number of nitrogens with one attached hydrogen (secondary N) is 1. The van der Waals surface area contributed by atoms with Crippen LogP contribution >= 0.6 is 34.4 Å². The number of nitro benzene ring substituents is 1. The number of fused-ring (bicyclic) bond motifs is 1. The molecule has 2 aromatic heterocycles. The van der Waals surface area contributed by atoms with Crippen LogP contribution in [0.25, 0.3) is 0 Å². The molecule has 4 rings (SSSR count). The van der Waals surface area contributed by atoms with Gasteiger partial charge in [0, 0.05) is 47.1 Å². The van der Waals surface area contributed by atoms with E-state index in [0.29, 0.717) is 10.0 Å². The van der Waals surface area contributed by atoms with Gasteiger partial charge in [-0.15, -0.1) is 22.7 Å². The third kappa shape index (κ3) is 4.53. The number of benzene rings is 1. The van der Waals surface area contributed by atoms with Crippen molar-refractivity contribution < 1.29 is 9.72 Å². The Morgan fingerprint density at radius 1 is 1.40 bits per heavy atom. The van der Waals surface area contributed by atoms with Crippen LogP contribution in [0.3, 0.4) is 0 Å². The molecule has 0 unspecified atom stereocenters. The molecule has 1 N–H and O–H groups in total. The van der Waals surface area contributed by atoms with E-state index in [1.165, 1.54) is 40.5 Å². The summed E-state index contributed by atoms with van der Waals surface area (Å²) in [5.41, 5.74) is 2.01. The predicted molar refractivity (Wildman–Crippen MR) is 119 cm³/mol. The number of carbonyl (C=O) groups excluding carboxylic acids is 1. The van der Waals surface area contributed by atoms with E-state index < -0.39 is 10.8 Å². The topological polar surface area (TPSA) is 101 Å². The number of nitrogens with zero attached hydrogens (tertiary/aromatic N) is 4. The molecular weight excluding hydrogens is 442 g/mol. The van der Waals surface area contributed by atoms with Crippen molar-refractivity contribution in [3.8, 4) is 0 Å². The van der Waals surface area contributed by atoms with Crippen molar-refractivity contribution in [2.45, 2.75) is 36.0 Å². The van der Waals surface area contributed by atoms with Crippen LogP contribution in [-0.2, 0) is 13.0 Å². The van der Waals surface area contributed by atoms with E-state index in [2.05, 4.69) is 27.1 Å². The number of nitro groups is 1. The monoisotopic (exact) mass is 461 g/mol. The second kappa shape index (κ2) is 8.80. The van der Waals surface area contributed by atoms with Gasteiger partial charge in [0.1, 0.15) is 0 Å². The fourth-order valence-electron chi connectivity index (χ4n) is 3.10. The molecule has 1 aliphatic heterocycles. The van der Waals surface area contributed by atoms with E-state index >= 15 is 0 Å². The zero-order valence-corrected chi connectivity index (χ0v) is 18.8. The van der Waals surface area contributed by atoms with Crippen LogP contribution in [0.2, 0.25) is 0 Å². The van der Waals surface area contributed by atoms with Crippen molar-refractivity contribution in [1.82, 2.24) is 14.9 Å². The summed E-state index contributed by atoms with van der Waals surface area (Å²) in [6, 6.07) is 4.50. The van der Waals surface area contributed by atoms with Crippen molar-refractivity contribution >= 4 is 51.2 Å². The van der Waals surface area contributed by atoms with E-state index in [4.69, 9.17) is 0 Å². The molecule has 0 saturated heterocycles. The highest BCUT2D eigenvalue weighted by Gasteiger charge is 2.22. The maximum absolute atomic E-state index is 12.7. The molecule has 30 heavy (non-hydrogen) atoms. The first kappa shape index (κ1) is 20.9. The number of hydrogen-bond acceptors (Lipinski definition) is 9. The standard InChI is InChI=1S/C19H19N5O3S3/c1-3-23-7-6-13-16(9-23)29-18(21-13)22-17(25)12-4-5-15(14(8-12)24(26)27)30-19-20-11(2)10-28-19/h4-5,8,10H,3,6-7,9H2,1-2H3,(H,21,22,25). The number of rotatable bonds is 6. The van der Waals surface area contributed by atoms with Crippen LogP contribution in [0.15, 0.2) is 32.8 Å². The molecule has 0 aliphatic carbocycles. The van der Waals surface area contributed by atoms with Crippen molar-refractivity contribution in [2.75, 3.05) is 18.4 Å². The Balaban J connectivity index is 1.52. The maximum atomic E-state index is 12.7. The van der Waals surface area contributed by atoms with Crippen molar-refractivity contribution in [1.29, 1.82) is 0 Å². The average Bonchev–Trinajstić information content (AvgIpc) is 3.32. The van der Waals surface area contributed by atoms with Crippen molar-refractivity contribution in [2.24, 2.45) is 0 Å². The number of thiazole rings is 2. The van der Waals surface area contributed by atoms with Gasteiger partial charge in [-0.1, -0.05) is 18.7 Å². The molecule has 1 amide bonds. The minimum Gasteiger partial charge on any atom is -0.298 e. The summed E-state index contributed by atoms with van der Waals surface area (Å²) in [6.45, 7) is 6.78. The van der Waals surface area contributed by atoms with E-state index in [1.807, 2.05) is 12.3 Å². The Morgan fingerprint density at radius 3 is 2.93 bits per heavy atom. The molecule has 0 atom stereocenters. The lowest BCUT2D eigenvalue weighted by molar-refractivity contribution is -0.387. The van der Waals surface area contributed by atoms with Crippen LogP contribution in [0.4, 0.5) is 10.8 Å². The number of carbonyl (C=O) groups is 1. The van der Waals surface area contributed by atoms with Crippen LogP contribution in [-0.4, -0.2) is 38.8 Å². The Bertz CT molecular complexity index is 1110. The summed E-state index contributed by atoms with van der Waals surface area (Å²) in [7, 11) is 0. The van der Waals surface area contributed by atoms with E-state index in [-0.39, 0.29) is 11.3 Å². The Kier molecular flexibility index (Phi) is 6.14. The largest absolute Gasteiger partial charge is 0.298 e. The highest BCUT2D eigenvalue weighted by atomic mass is 32.2. The number of aromatic nitrogens is 2. The fraction of sp³-hybridized carbons (Fsp3) is 0.316. The van der Waals surface area contributed by atoms with Gasteiger partial charge >= 0.3 is 0 Å². The molecule has 1 aliphatic rings. The highest BCUT2D eigenvalue weighted by Crippen LogP contribution is 2.37. The van der Waals surface area contributed by atoms with Gasteiger partial charge in [-0.25, -0.2) is 9.97 Å². The van der Waals surface area contributed by atoms with Gasteiger partial charge in [-0.3, -0.25) is 25.1 Å². The normalized spacial score (nSPS) is 13.8. The quantitative estimate of drug-likeness (QED) is 0.423. The van der Waals surface area contributed by atoms with Gasteiger partial charge in [0.2, 0.25) is 0 Å². The summed E-state index contributed by atoms with van der Waals surface area (Å²) in [4.78, 5) is 36.6. The van der Waals surface area contributed by atoms with Gasteiger partial charge < -0.3 is 0 Å². The van der Waals surface area contributed by atoms with Crippen LogP contribution < -0.4 is 5.32 Å². The van der Waals surface area contributed by atoms with Gasteiger partial charge in [-0.05, 0) is 25.6 Å². The molecule has 0 bridgehead atoms. The van der Waals surface area contributed by atoms with E-state index in [1.54, 1.807) is 12.1 Å². The van der Waals surface area contributed by atoms with E-state index in [9.17, 15) is 14.9 Å². The first-order chi connectivity index (χ1) is 14.4. The fourth-order valence-corrected chi connectivity index (χ4v) is 6.03. The molecule has 0 spiro atoms. The molecule has 0 fully saturated rings.